The van der Waals surface area contributed by atoms with Crippen molar-refractivity contribution >= 4 is 0 Å². The first-order chi connectivity index (χ1) is 8.56. The van der Waals surface area contributed by atoms with Crippen molar-refractivity contribution in [2.24, 2.45) is 0 Å². The lowest BCUT2D eigenvalue weighted by molar-refractivity contribution is 0.176. The third-order valence-electron chi connectivity index (χ3n) is 2.97. The summed E-state index contributed by atoms with van der Waals surface area (Å²) in [7, 11) is 0. The van der Waals surface area contributed by atoms with Crippen molar-refractivity contribution in [2.75, 3.05) is 0 Å². The number of aliphatic hydroxyl groups is 1. The Bertz CT molecular complexity index is 537. The highest BCUT2D eigenvalue weighted by molar-refractivity contribution is 5.29. The second kappa shape index (κ2) is 5.27. The molecular formula is C15H16FNO. The van der Waals surface area contributed by atoms with Gasteiger partial charge in [0.05, 0.1) is 6.10 Å². The van der Waals surface area contributed by atoms with Gasteiger partial charge in [0.2, 0.25) is 0 Å². The van der Waals surface area contributed by atoms with E-state index in [-0.39, 0.29) is 5.82 Å². The van der Waals surface area contributed by atoms with Gasteiger partial charge in [0.15, 0.2) is 0 Å². The Labute approximate surface area is 106 Å². The minimum absolute atomic E-state index is 0.281. The Balaban J connectivity index is 2.16. The summed E-state index contributed by atoms with van der Waals surface area (Å²) in [5, 5.41) is 10.2. The lowest BCUT2D eigenvalue weighted by atomic mass is 9.99. The molecule has 1 atom stereocenters. The van der Waals surface area contributed by atoms with Gasteiger partial charge < -0.3 is 5.11 Å². The maximum Gasteiger partial charge on any atom is 0.123 e. The first kappa shape index (κ1) is 12.7. The van der Waals surface area contributed by atoms with Crippen LogP contribution < -0.4 is 0 Å². The standard InChI is InChI=1S/C15H16FNO/c1-10-3-5-13(17-9-10)8-15(18)14-6-4-12(16)7-11(14)2/h3-7,9,15,18H,8H2,1-2H3. The zero-order chi connectivity index (χ0) is 13.1. The summed E-state index contributed by atoms with van der Waals surface area (Å²) in [6, 6.07) is 8.29. The van der Waals surface area contributed by atoms with Crippen LogP contribution in [0.4, 0.5) is 4.39 Å². The molecule has 18 heavy (non-hydrogen) atoms. The van der Waals surface area contributed by atoms with Gasteiger partial charge in [0.25, 0.3) is 0 Å². The van der Waals surface area contributed by atoms with Gasteiger partial charge in [-0.2, -0.15) is 0 Å². The first-order valence-electron chi connectivity index (χ1n) is 5.92. The molecule has 2 rings (SSSR count). The van der Waals surface area contributed by atoms with E-state index >= 15 is 0 Å². The maximum absolute atomic E-state index is 13.0. The number of rotatable bonds is 3. The van der Waals surface area contributed by atoms with Crippen molar-refractivity contribution in [3.63, 3.8) is 0 Å². The lowest BCUT2D eigenvalue weighted by Crippen LogP contribution is -2.05. The second-order valence-corrected chi connectivity index (χ2v) is 4.55. The molecule has 1 unspecified atom stereocenters. The quantitative estimate of drug-likeness (QED) is 0.901. The number of nitrogens with zero attached hydrogens (tertiary/aromatic N) is 1. The van der Waals surface area contributed by atoms with E-state index < -0.39 is 6.10 Å². The van der Waals surface area contributed by atoms with Crippen LogP contribution >= 0.6 is 0 Å². The number of hydrogen-bond donors (Lipinski definition) is 1. The van der Waals surface area contributed by atoms with Gasteiger partial charge in [-0.05, 0) is 48.7 Å². The van der Waals surface area contributed by atoms with Gasteiger partial charge in [0, 0.05) is 18.3 Å². The monoisotopic (exact) mass is 245 g/mol. The molecule has 0 saturated heterocycles. The Hall–Kier alpha value is -1.74. The molecule has 1 heterocycles. The molecule has 0 aliphatic heterocycles. The first-order valence-corrected chi connectivity index (χ1v) is 5.92. The highest BCUT2D eigenvalue weighted by Crippen LogP contribution is 2.21. The number of pyridine rings is 1. The third kappa shape index (κ3) is 2.93. The Morgan fingerprint density at radius 2 is 2.00 bits per heavy atom. The highest BCUT2D eigenvalue weighted by Gasteiger charge is 2.12. The molecular weight excluding hydrogens is 229 g/mol. The highest BCUT2D eigenvalue weighted by atomic mass is 19.1. The van der Waals surface area contributed by atoms with E-state index in [0.717, 1.165) is 22.4 Å². The van der Waals surface area contributed by atoms with Crippen LogP contribution in [0.2, 0.25) is 0 Å². The van der Waals surface area contributed by atoms with E-state index in [1.807, 2.05) is 19.1 Å². The number of hydrogen-bond acceptors (Lipinski definition) is 2. The molecule has 2 nitrogen and oxygen atoms in total. The van der Waals surface area contributed by atoms with Crippen LogP contribution in [0.5, 0.6) is 0 Å². The van der Waals surface area contributed by atoms with Gasteiger partial charge in [-0.1, -0.05) is 12.1 Å². The number of aliphatic hydroxyl groups excluding tert-OH is 1. The third-order valence-corrected chi connectivity index (χ3v) is 2.97. The van der Waals surface area contributed by atoms with Crippen molar-refractivity contribution in [1.29, 1.82) is 0 Å². The summed E-state index contributed by atoms with van der Waals surface area (Å²) >= 11 is 0. The van der Waals surface area contributed by atoms with Crippen molar-refractivity contribution < 1.29 is 9.50 Å². The van der Waals surface area contributed by atoms with Gasteiger partial charge in [-0.25, -0.2) is 4.39 Å². The van der Waals surface area contributed by atoms with Gasteiger partial charge in [-0.15, -0.1) is 0 Å². The summed E-state index contributed by atoms with van der Waals surface area (Å²) in [5.41, 5.74) is 3.43. The molecule has 1 N–H and O–H groups in total. The molecule has 2 aromatic rings. The normalized spacial score (nSPS) is 12.4. The molecule has 0 amide bonds. The predicted molar refractivity (Wildman–Crippen MR) is 68.8 cm³/mol. The average molecular weight is 245 g/mol. The average Bonchev–Trinajstić information content (AvgIpc) is 2.32. The van der Waals surface area contributed by atoms with Crippen LogP contribution in [0.15, 0.2) is 36.5 Å². The van der Waals surface area contributed by atoms with Gasteiger partial charge in [-0.3, -0.25) is 4.98 Å². The van der Waals surface area contributed by atoms with E-state index in [1.54, 1.807) is 19.2 Å². The van der Waals surface area contributed by atoms with E-state index in [1.165, 1.54) is 12.1 Å². The molecule has 3 heteroatoms. The molecule has 0 aliphatic rings. The number of halogens is 1. The molecule has 94 valence electrons. The molecule has 0 spiro atoms. The number of aromatic nitrogens is 1. The summed E-state index contributed by atoms with van der Waals surface area (Å²) in [4.78, 5) is 4.26. The molecule has 0 bridgehead atoms. The SMILES string of the molecule is Cc1ccc(CC(O)c2ccc(F)cc2C)nc1. The molecule has 0 aliphatic carbocycles. The number of aryl methyl sites for hydroxylation is 2. The largest absolute Gasteiger partial charge is 0.388 e. The van der Waals surface area contributed by atoms with E-state index in [4.69, 9.17) is 0 Å². The smallest absolute Gasteiger partial charge is 0.123 e. The zero-order valence-electron chi connectivity index (χ0n) is 10.5. The molecule has 1 aromatic heterocycles. The Morgan fingerprint density at radius 1 is 1.22 bits per heavy atom. The lowest BCUT2D eigenvalue weighted by Gasteiger charge is -2.13. The molecule has 0 fully saturated rings. The fourth-order valence-electron chi connectivity index (χ4n) is 1.94. The van der Waals surface area contributed by atoms with Crippen molar-refractivity contribution in [2.45, 2.75) is 26.4 Å². The van der Waals surface area contributed by atoms with Gasteiger partial charge >= 0.3 is 0 Å². The van der Waals surface area contributed by atoms with E-state index in [9.17, 15) is 9.50 Å². The molecule has 0 saturated carbocycles. The fourth-order valence-corrected chi connectivity index (χ4v) is 1.94. The maximum atomic E-state index is 13.0. The van der Waals surface area contributed by atoms with E-state index in [0.29, 0.717) is 6.42 Å². The van der Waals surface area contributed by atoms with Crippen LogP contribution in [0.1, 0.15) is 28.5 Å². The number of benzene rings is 1. The van der Waals surface area contributed by atoms with Crippen LogP contribution in [-0.2, 0) is 6.42 Å². The Kier molecular flexibility index (Phi) is 3.72. The summed E-state index contributed by atoms with van der Waals surface area (Å²) in [5.74, 6) is -0.281. The summed E-state index contributed by atoms with van der Waals surface area (Å²) in [6.45, 7) is 3.77. The van der Waals surface area contributed by atoms with Gasteiger partial charge in [0.1, 0.15) is 5.82 Å². The van der Waals surface area contributed by atoms with Crippen molar-refractivity contribution in [3.8, 4) is 0 Å². The van der Waals surface area contributed by atoms with E-state index in [2.05, 4.69) is 4.98 Å². The second-order valence-electron chi connectivity index (χ2n) is 4.55. The van der Waals surface area contributed by atoms with Crippen LogP contribution in [-0.4, -0.2) is 10.1 Å². The van der Waals surface area contributed by atoms with Crippen LogP contribution in [0.3, 0.4) is 0 Å². The minimum Gasteiger partial charge on any atom is -0.388 e. The van der Waals surface area contributed by atoms with Crippen molar-refractivity contribution in [3.05, 3.63) is 64.7 Å². The summed E-state index contributed by atoms with van der Waals surface area (Å²) < 4.78 is 13.0. The van der Waals surface area contributed by atoms with Crippen molar-refractivity contribution in [1.82, 2.24) is 4.98 Å². The molecule has 0 radical (unpaired) electrons. The molecule has 1 aromatic carbocycles. The fraction of sp³-hybridized carbons (Fsp3) is 0.267. The topological polar surface area (TPSA) is 33.1 Å². The Morgan fingerprint density at radius 3 is 2.61 bits per heavy atom. The predicted octanol–water partition coefficient (Wildman–Crippen LogP) is 3.11. The summed E-state index contributed by atoms with van der Waals surface area (Å²) in [6.07, 6.45) is 1.56. The van der Waals surface area contributed by atoms with Crippen LogP contribution in [0, 0.1) is 19.7 Å². The minimum atomic E-state index is -0.652. The van der Waals surface area contributed by atoms with Crippen LogP contribution in [0.25, 0.3) is 0 Å². The zero-order valence-corrected chi connectivity index (χ0v) is 10.5.